The summed E-state index contributed by atoms with van der Waals surface area (Å²) in [5.74, 6) is -1.59. The average Bonchev–Trinajstić information content (AvgIpc) is 2.47. The number of hydrogen-bond donors (Lipinski definition) is 1. The zero-order valence-electron chi connectivity index (χ0n) is 10.2. The molecule has 0 saturated carbocycles. The molecule has 96 valence electrons. The van der Waals surface area contributed by atoms with E-state index in [0.717, 1.165) is 0 Å². The summed E-state index contributed by atoms with van der Waals surface area (Å²) in [5, 5.41) is 2.43. The van der Waals surface area contributed by atoms with Crippen molar-refractivity contribution in [2.24, 2.45) is 0 Å². The summed E-state index contributed by atoms with van der Waals surface area (Å²) in [6.45, 7) is 5.46. The Morgan fingerprint density at radius 3 is 2.59 bits per heavy atom. The Bertz CT molecular complexity index is 331. The molecule has 1 amide bonds. The molecule has 1 rings (SSSR count). The summed E-state index contributed by atoms with van der Waals surface area (Å²) in [4.78, 5) is 33.8. The van der Waals surface area contributed by atoms with Gasteiger partial charge in [0, 0.05) is 6.42 Å². The van der Waals surface area contributed by atoms with Crippen molar-refractivity contribution in [1.82, 2.24) is 5.32 Å². The highest BCUT2D eigenvalue weighted by atomic mass is 16.6. The van der Waals surface area contributed by atoms with E-state index in [1.807, 2.05) is 0 Å². The fraction of sp³-hybridized carbons (Fsp3) is 0.727. The summed E-state index contributed by atoms with van der Waals surface area (Å²) in [6, 6.07) is -0.634. The fourth-order valence-electron chi connectivity index (χ4n) is 1.38. The maximum atomic E-state index is 11.4. The van der Waals surface area contributed by atoms with Gasteiger partial charge in [-0.2, -0.15) is 0 Å². The van der Waals surface area contributed by atoms with Gasteiger partial charge in [-0.05, 0) is 20.8 Å². The summed E-state index contributed by atoms with van der Waals surface area (Å²) in [6.07, 6.45) is 0.0555. The van der Waals surface area contributed by atoms with Crippen LogP contribution in [0.4, 0.5) is 0 Å². The minimum absolute atomic E-state index is 0.302. The Kier molecular flexibility index (Phi) is 4.09. The van der Waals surface area contributed by atoms with E-state index >= 15 is 0 Å². The second kappa shape index (κ2) is 5.16. The van der Waals surface area contributed by atoms with Crippen LogP contribution in [-0.4, -0.2) is 36.1 Å². The van der Waals surface area contributed by atoms with E-state index in [4.69, 9.17) is 4.74 Å². The van der Waals surface area contributed by atoms with Gasteiger partial charge in [0.15, 0.2) is 0 Å². The number of rotatable bonds is 3. The molecule has 6 nitrogen and oxygen atoms in total. The van der Waals surface area contributed by atoms with Crippen LogP contribution in [0.3, 0.4) is 0 Å². The molecule has 1 aliphatic rings. The molecule has 1 atom stereocenters. The predicted molar refractivity (Wildman–Crippen MR) is 58.0 cm³/mol. The molecular formula is C11H17NO5. The highest BCUT2D eigenvalue weighted by molar-refractivity contribution is 5.96. The van der Waals surface area contributed by atoms with E-state index in [1.54, 1.807) is 20.8 Å². The van der Waals surface area contributed by atoms with Gasteiger partial charge < -0.3 is 14.8 Å². The van der Waals surface area contributed by atoms with E-state index in [2.05, 4.69) is 10.1 Å². The van der Waals surface area contributed by atoms with Crippen molar-refractivity contribution in [3.05, 3.63) is 0 Å². The van der Waals surface area contributed by atoms with Crippen molar-refractivity contribution in [2.75, 3.05) is 6.61 Å². The van der Waals surface area contributed by atoms with Crippen LogP contribution in [0.2, 0.25) is 0 Å². The third kappa shape index (κ3) is 4.84. The van der Waals surface area contributed by atoms with Gasteiger partial charge in [0.1, 0.15) is 18.1 Å². The van der Waals surface area contributed by atoms with Crippen LogP contribution >= 0.6 is 0 Å². The van der Waals surface area contributed by atoms with E-state index < -0.39 is 29.5 Å². The van der Waals surface area contributed by atoms with E-state index in [1.165, 1.54) is 0 Å². The monoisotopic (exact) mass is 243 g/mol. The first-order valence-corrected chi connectivity index (χ1v) is 5.46. The number of carbonyl (C=O) groups is 3. The predicted octanol–water partition coefficient (Wildman–Crippen LogP) is 0.150. The molecule has 1 unspecified atom stereocenters. The van der Waals surface area contributed by atoms with Gasteiger partial charge in [-0.15, -0.1) is 0 Å². The number of hydrogen-bond acceptors (Lipinski definition) is 5. The molecule has 1 heterocycles. The van der Waals surface area contributed by atoms with Crippen LogP contribution < -0.4 is 5.32 Å². The molecular weight excluding hydrogens is 226 g/mol. The normalized spacial score (nSPS) is 19.7. The molecule has 1 fully saturated rings. The topological polar surface area (TPSA) is 81.7 Å². The minimum Gasteiger partial charge on any atom is -0.464 e. The van der Waals surface area contributed by atoms with E-state index in [-0.39, 0.29) is 6.42 Å². The van der Waals surface area contributed by atoms with Crippen molar-refractivity contribution >= 4 is 17.8 Å². The molecule has 1 N–H and O–H groups in total. The zero-order chi connectivity index (χ0) is 13.1. The van der Waals surface area contributed by atoms with Crippen molar-refractivity contribution < 1.29 is 23.9 Å². The molecule has 6 heteroatoms. The molecule has 17 heavy (non-hydrogen) atoms. The summed E-state index contributed by atoms with van der Waals surface area (Å²) in [7, 11) is 0. The summed E-state index contributed by atoms with van der Waals surface area (Å²) < 4.78 is 9.67. The molecule has 0 aromatic carbocycles. The third-order valence-electron chi connectivity index (χ3n) is 2.00. The largest absolute Gasteiger partial charge is 0.464 e. The fourth-order valence-corrected chi connectivity index (χ4v) is 1.38. The standard InChI is InChI=1S/C11H17NO5/c1-11(2,3)17-9(14)6-8(13)12-7-4-5-16-10(7)15/h7H,4-6H2,1-3H3,(H,12,13). The Hall–Kier alpha value is -1.59. The lowest BCUT2D eigenvalue weighted by Gasteiger charge is -2.19. The Labute approximate surface area is 99.6 Å². The number of ether oxygens (including phenoxy) is 2. The molecule has 0 aromatic heterocycles. The van der Waals surface area contributed by atoms with Crippen molar-refractivity contribution in [2.45, 2.75) is 45.3 Å². The number of nitrogens with one attached hydrogen (secondary N) is 1. The van der Waals surface area contributed by atoms with Crippen molar-refractivity contribution in [3.8, 4) is 0 Å². The van der Waals surface area contributed by atoms with Crippen LogP contribution in [0.5, 0.6) is 0 Å². The number of carbonyl (C=O) groups excluding carboxylic acids is 3. The van der Waals surface area contributed by atoms with Gasteiger partial charge in [0.2, 0.25) is 5.91 Å². The van der Waals surface area contributed by atoms with Crippen LogP contribution in [0.25, 0.3) is 0 Å². The van der Waals surface area contributed by atoms with Crippen LogP contribution in [-0.2, 0) is 23.9 Å². The smallest absolute Gasteiger partial charge is 0.328 e. The molecule has 0 aromatic rings. The Balaban J connectivity index is 2.34. The molecule has 1 saturated heterocycles. The van der Waals surface area contributed by atoms with Crippen molar-refractivity contribution in [3.63, 3.8) is 0 Å². The second-order valence-electron chi connectivity index (χ2n) is 4.84. The van der Waals surface area contributed by atoms with Crippen LogP contribution in [0.1, 0.15) is 33.6 Å². The second-order valence-corrected chi connectivity index (χ2v) is 4.84. The van der Waals surface area contributed by atoms with Crippen LogP contribution in [0, 0.1) is 0 Å². The molecule has 0 aliphatic carbocycles. The quantitative estimate of drug-likeness (QED) is 0.563. The third-order valence-corrected chi connectivity index (χ3v) is 2.00. The average molecular weight is 243 g/mol. The number of cyclic esters (lactones) is 1. The van der Waals surface area contributed by atoms with Gasteiger partial charge in [-0.1, -0.05) is 0 Å². The van der Waals surface area contributed by atoms with Gasteiger partial charge in [0.05, 0.1) is 6.61 Å². The first-order chi connectivity index (χ1) is 7.78. The molecule has 0 radical (unpaired) electrons. The maximum absolute atomic E-state index is 11.4. The maximum Gasteiger partial charge on any atom is 0.328 e. The highest BCUT2D eigenvalue weighted by Gasteiger charge is 2.29. The minimum atomic E-state index is -0.634. The SMILES string of the molecule is CC(C)(C)OC(=O)CC(=O)NC1CCOC1=O. The van der Waals surface area contributed by atoms with Gasteiger partial charge in [0.25, 0.3) is 0 Å². The molecule has 0 bridgehead atoms. The lowest BCUT2D eigenvalue weighted by molar-refractivity contribution is -0.157. The first-order valence-electron chi connectivity index (χ1n) is 5.46. The zero-order valence-corrected chi connectivity index (χ0v) is 10.2. The lowest BCUT2D eigenvalue weighted by atomic mass is 10.2. The van der Waals surface area contributed by atoms with Gasteiger partial charge >= 0.3 is 11.9 Å². The van der Waals surface area contributed by atoms with E-state index in [9.17, 15) is 14.4 Å². The molecule has 1 aliphatic heterocycles. The first kappa shape index (κ1) is 13.5. The van der Waals surface area contributed by atoms with Crippen molar-refractivity contribution in [1.29, 1.82) is 0 Å². The lowest BCUT2D eigenvalue weighted by Crippen LogP contribution is -2.39. The summed E-state index contributed by atoms with van der Waals surface area (Å²) in [5.41, 5.74) is -0.621. The summed E-state index contributed by atoms with van der Waals surface area (Å²) >= 11 is 0. The van der Waals surface area contributed by atoms with E-state index in [0.29, 0.717) is 13.0 Å². The van der Waals surface area contributed by atoms with Gasteiger partial charge in [-0.3, -0.25) is 9.59 Å². The highest BCUT2D eigenvalue weighted by Crippen LogP contribution is 2.09. The molecule has 0 spiro atoms. The van der Waals surface area contributed by atoms with Gasteiger partial charge in [-0.25, -0.2) is 4.79 Å². The number of esters is 2. The number of amides is 1. The Morgan fingerprint density at radius 1 is 1.47 bits per heavy atom. The van der Waals surface area contributed by atoms with Crippen LogP contribution in [0.15, 0.2) is 0 Å². The Morgan fingerprint density at radius 2 is 2.12 bits per heavy atom.